The van der Waals surface area contributed by atoms with E-state index in [0.29, 0.717) is 18.2 Å². The molecule has 100 valence electrons. The number of hydrogen-bond donors (Lipinski definition) is 1. The Kier molecular flexibility index (Phi) is 4.71. The van der Waals surface area contributed by atoms with E-state index in [1.54, 1.807) is 6.92 Å². The molecular formula is C14H15ClN2O2. The van der Waals surface area contributed by atoms with E-state index in [4.69, 9.17) is 16.3 Å². The summed E-state index contributed by atoms with van der Waals surface area (Å²) in [5.41, 5.74) is 1.56. The minimum absolute atomic E-state index is 0.269. The molecule has 0 aliphatic carbocycles. The number of hydrogen-bond acceptors (Lipinski definition) is 4. The van der Waals surface area contributed by atoms with Crippen LogP contribution >= 0.6 is 11.6 Å². The van der Waals surface area contributed by atoms with Crippen LogP contribution in [0.2, 0.25) is 5.02 Å². The highest BCUT2D eigenvalue weighted by Crippen LogP contribution is 2.27. The van der Waals surface area contributed by atoms with E-state index in [0.717, 1.165) is 6.42 Å². The molecule has 1 aromatic heterocycles. The van der Waals surface area contributed by atoms with E-state index < -0.39 is 6.10 Å². The topological polar surface area (TPSA) is 55.2 Å². The van der Waals surface area contributed by atoms with Gasteiger partial charge in [-0.25, -0.2) is 9.97 Å². The normalized spacial score (nSPS) is 12.2. The molecule has 0 amide bonds. The van der Waals surface area contributed by atoms with E-state index in [2.05, 4.69) is 9.97 Å². The summed E-state index contributed by atoms with van der Waals surface area (Å²) in [6, 6.07) is 10.0. The van der Waals surface area contributed by atoms with Crippen molar-refractivity contribution < 1.29 is 9.84 Å². The molecule has 0 aliphatic rings. The fourth-order valence-corrected chi connectivity index (χ4v) is 1.98. The van der Waals surface area contributed by atoms with Crippen molar-refractivity contribution in [2.24, 2.45) is 0 Å². The molecule has 0 aliphatic heterocycles. The Morgan fingerprint density at radius 1 is 1.26 bits per heavy atom. The summed E-state index contributed by atoms with van der Waals surface area (Å²) in [5, 5.41) is 9.77. The second-order valence-electron chi connectivity index (χ2n) is 4.14. The maximum Gasteiger partial charge on any atom is 0.236 e. The monoisotopic (exact) mass is 278 g/mol. The second kappa shape index (κ2) is 6.50. The van der Waals surface area contributed by atoms with Crippen molar-refractivity contribution in [1.29, 1.82) is 0 Å². The standard InChI is InChI=1S/C14H15ClN2O2/c1-10(18)13-12(15)14(17-9-16-13)19-8-7-11-5-3-2-4-6-11/h2-6,9-10,18H,7-8H2,1H3. The summed E-state index contributed by atoms with van der Waals surface area (Å²) < 4.78 is 5.54. The van der Waals surface area contributed by atoms with Crippen LogP contribution in [0.4, 0.5) is 0 Å². The molecule has 1 atom stereocenters. The van der Waals surface area contributed by atoms with Crippen LogP contribution in [-0.2, 0) is 6.42 Å². The van der Waals surface area contributed by atoms with Gasteiger partial charge in [0.25, 0.3) is 0 Å². The van der Waals surface area contributed by atoms with Gasteiger partial charge in [0.1, 0.15) is 11.3 Å². The number of ether oxygens (including phenoxy) is 1. The Morgan fingerprint density at radius 2 is 2.00 bits per heavy atom. The highest BCUT2D eigenvalue weighted by molar-refractivity contribution is 6.32. The van der Waals surface area contributed by atoms with Crippen molar-refractivity contribution in [3.63, 3.8) is 0 Å². The molecule has 2 rings (SSSR count). The summed E-state index contributed by atoms with van der Waals surface area (Å²) in [4.78, 5) is 7.91. The molecule has 4 nitrogen and oxygen atoms in total. The summed E-state index contributed by atoms with van der Waals surface area (Å²) in [7, 11) is 0. The number of aliphatic hydroxyl groups is 1. The molecule has 1 N–H and O–H groups in total. The molecule has 0 saturated heterocycles. The van der Waals surface area contributed by atoms with E-state index in [9.17, 15) is 5.11 Å². The van der Waals surface area contributed by atoms with Gasteiger partial charge in [0.05, 0.1) is 18.4 Å². The van der Waals surface area contributed by atoms with Crippen molar-refractivity contribution in [1.82, 2.24) is 9.97 Å². The summed E-state index contributed by atoms with van der Waals surface area (Å²) >= 11 is 6.08. The average molecular weight is 279 g/mol. The van der Waals surface area contributed by atoms with Gasteiger partial charge in [0.15, 0.2) is 0 Å². The van der Waals surface area contributed by atoms with Gasteiger partial charge >= 0.3 is 0 Å². The molecule has 0 spiro atoms. The predicted molar refractivity (Wildman–Crippen MR) is 73.3 cm³/mol. The second-order valence-corrected chi connectivity index (χ2v) is 4.52. The zero-order chi connectivity index (χ0) is 13.7. The van der Waals surface area contributed by atoms with Gasteiger partial charge < -0.3 is 9.84 Å². The highest BCUT2D eigenvalue weighted by atomic mass is 35.5. The first-order chi connectivity index (χ1) is 9.18. The molecule has 0 saturated carbocycles. The van der Waals surface area contributed by atoms with Crippen LogP contribution in [0.1, 0.15) is 24.3 Å². The van der Waals surface area contributed by atoms with Crippen molar-refractivity contribution in [3.8, 4) is 5.88 Å². The number of benzene rings is 1. The molecule has 0 bridgehead atoms. The molecule has 1 heterocycles. The maximum absolute atomic E-state index is 9.50. The molecule has 1 unspecified atom stereocenters. The number of aromatic nitrogens is 2. The summed E-state index contributed by atoms with van der Waals surface area (Å²) in [5.74, 6) is 0.309. The van der Waals surface area contributed by atoms with Gasteiger partial charge in [-0.1, -0.05) is 41.9 Å². The van der Waals surface area contributed by atoms with Gasteiger partial charge in [0, 0.05) is 6.42 Å². The number of halogens is 1. The molecule has 0 fully saturated rings. The number of aliphatic hydroxyl groups excluding tert-OH is 1. The maximum atomic E-state index is 9.50. The van der Waals surface area contributed by atoms with Gasteiger partial charge in [-0.3, -0.25) is 0 Å². The molecule has 19 heavy (non-hydrogen) atoms. The minimum atomic E-state index is -0.744. The third-order valence-corrected chi connectivity index (χ3v) is 3.01. The first-order valence-electron chi connectivity index (χ1n) is 6.03. The highest BCUT2D eigenvalue weighted by Gasteiger charge is 2.14. The fraction of sp³-hybridized carbons (Fsp3) is 0.286. The van der Waals surface area contributed by atoms with Crippen LogP contribution in [-0.4, -0.2) is 21.7 Å². The van der Waals surface area contributed by atoms with Gasteiger partial charge in [0.2, 0.25) is 5.88 Å². The lowest BCUT2D eigenvalue weighted by Crippen LogP contribution is -2.06. The summed E-state index contributed by atoms with van der Waals surface area (Å²) in [6.45, 7) is 2.07. The van der Waals surface area contributed by atoms with Gasteiger partial charge in [-0.2, -0.15) is 0 Å². The van der Waals surface area contributed by atoms with Crippen molar-refractivity contribution in [2.45, 2.75) is 19.4 Å². The average Bonchev–Trinajstić information content (AvgIpc) is 2.41. The quantitative estimate of drug-likeness (QED) is 0.914. The van der Waals surface area contributed by atoms with Crippen molar-refractivity contribution >= 4 is 11.6 Å². The molecule has 5 heteroatoms. The SMILES string of the molecule is CC(O)c1ncnc(OCCc2ccccc2)c1Cl. The Bertz CT molecular complexity index is 532. The first-order valence-corrected chi connectivity index (χ1v) is 6.41. The molecule has 0 radical (unpaired) electrons. The largest absolute Gasteiger partial charge is 0.476 e. The summed E-state index contributed by atoms with van der Waals surface area (Å²) in [6.07, 6.45) is 1.36. The van der Waals surface area contributed by atoms with Crippen LogP contribution in [0.15, 0.2) is 36.7 Å². The lowest BCUT2D eigenvalue weighted by atomic mass is 10.2. The Labute approximate surface area is 117 Å². The lowest BCUT2D eigenvalue weighted by molar-refractivity contribution is 0.193. The van der Waals surface area contributed by atoms with Crippen LogP contribution in [0.25, 0.3) is 0 Å². The third kappa shape index (κ3) is 3.66. The van der Waals surface area contributed by atoms with Crippen molar-refractivity contribution in [3.05, 3.63) is 52.9 Å². The zero-order valence-electron chi connectivity index (χ0n) is 10.6. The third-order valence-electron chi connectivity index (χ3n) is 2.65. The van der Waals surface area contributed by atoms with Gasteiger partial charge in [-0.05, 0) is 12.5 Å². The lowest BCUT2D eigenvalue weighted by Gasteiger charge is -2.10. The Hall–Kier alpha value is -1.65. The molecule has 1 aromatic carbocycles. The number of nitrogens with zero attached hydrogens (tertiary/aromatic N) is 2. The zero-order valence-corrected chi connectivity index (χ0v) is 11.3. The predicted octanol–water partition coefficient (Wildman–Crippen LogP) is 2.80. The Morgan fingerprint density at radius 3 is 2.68 bits per heavy atom. The van der Waals surface area contributed by atoms with E-state index in [1.807, 2.05) is 30.3 Å². The van der Waals surface area contributed by atoms with Crippen LogP contribution in [0.5, 0.6) is 5.88 Å². The van der Waals surface area contributed by atoms with Crippen LogP contribution in [0, 0.1) is 0 Å². The van der Waals surface area contributed by atoms with Crippen LogP contribution in [0.3, 0.4) is 0 Å². The molecule has 2 aromatic rings. The smallest absolute Gasteiger partial charge is 0.236 e. The van der Waals surface area contributed by atoms with E-state index in [-0.39, 0.29) is 5.02 Å². The number of rotatable bonds is 5. The molecular weight excluding hydrogens is 264 g/mol. The van der Waals surface area contributed by atoms with E-state index >= 15 is 0 Å². The Balaban J connectivity index is 1.98. The minimum Gasteiger partial charge on any atom is -0.476 e. The van der Waals surface area contributed by atoms with E-state index in [1.165, 1.54) is 11.9 Å². The first kappa shape index (κ1) is 13.8. The van der Waals surface area contributed by atoms with Crippen LogP contribution < -0.4 is 4.74 Å². The van der Waals surface area contributed by atoms with Crippen molar-refractivity contribution in [2.75, 3.05) is 6.61 Å². The fourth-order valence-electron chi connectivity index (χ4n) is 1.67. The van der Waals surface area contributed by atoms with Gasteiger partial charge in [-0.15, -0.1) is 0 Å².